The van der Waals surface area contributed by atoms with Crippen molar-refractivity contribution in [3.05, 3.63) is 64.7 Å². The smallest absolute Gasteiger partial charge is 0.106 e. The van der Waals surface area contributed by atoms with Gasteiger partial charge in [0.05, 0.1) is 6.21 Å². The molecule has 0 saturated carbocycles. The Labute approximate surface area is 131 Å². The lowest BCUT2D eigenvalue weighted by molar-refractivity contribution is 0.215. The summed E-state index contributed by atoms with van der Waals surface area (Å²) in [6, 6.07) is 12.9. The van der Waals surface area contributed by atoms with Gasteiger partial charge in [-0.05, 0) is 53.5 Å². The van der Waals surface area contributed by atoms with Gasteiger partial charge in [-0.2, -0.15) is 0 Å². The summed E-state index contributed by atoms with van der Waals surface area (Å²) in [7, 11) is 1.58. The van der Waals surface area contributed by atoms with Gasteiger partial charge in [0.25, 0.3) is 0 Å². The van der Waals surface area contributed by atoms with Crippen LogP contribution in [0.4, 0.5) is 0 Å². The van der Waals surface area contributed by atoms with Crippen LogP contribution in [0.5, 0.6) is 0 Å². The van der Waals surface area contributed by atoms with Crippen LogP contribution in [-0.2, 0) is 4.84 Å². The molecule has 22 heavy (non-hydrogen) atoms. The van der Waals surface area contributed by atoms with Crippen LogP contribution in [0.3, 0.4) is 0 Å². The largest absolute Gasteiger partial charge is 0.399 e. The Morgan fingerprint density at radius 1 is 1.09 bits per heavy atom. The topological polar surface area (TPSA) is 21.6 Å². The Hall–Kier alpha value is -2.35. The van der Waals surface area contributed by atoms with E-state index in [1.54, 1.807) is 7.11 Å². The molecule has 0 bridgehead atoms. The molecule has 0 aromatic heterocycles. The highest BCUT2D eigenvalue weighted by molar-refractivity contribution is 5.98. The molecule has 2 aromatic carbocycles. The molecule has 0 heterocycles. The third-order valence-electron chi connectivity index (χ3n) is 4.46. The van der Waals surface area contributed by atoms with Crippen molar-refractivity contribution < 1.29 is 4.84 Å². The first-order valence-corrected chi connectivity index (χ1v) is 7.61. The van der Waals surface area contributed by atoms with Crippen LogP contribution in [0.2, 0.25) is 0 Å². The third kappa shape index (κ3) is 2.45. The maximum Gasteiger partial charge on any atom is 0.106 e. The second-order valence-electron chi connectivity index (χ2n) is 5.88. The summed E-state index contributed by atoms with van der Waals surface area (Å²) in [6.07, 6.45) is 4.14. The van der Waals surface area contributed by atoms with Crippen LogP contribution in [-0.4, -0.2) is 13.3 Å². The van der Waals surface area contributed by atoms with Gasteiger partial charge in [0.1, 0.15) is 7.11 Å². The van der Waals surface area contributed by atoms with Gasteiger partial charge in [0.15, 0.2) is 0 Å². The van der Waals surface area contributed by atoms with Crippen LogP contribution in [0.25, 0.3) is 16.3 Å². The number of hydrogen-bond acceptors (Lipinski definition) is 2. The van der Waals surface area contributed by atoms with E-state index in [1.807, 2.05) is 6.21 Å². The zero-order valence-electron chi connectivity index (χ0n) is 13.6. The first kappa shape index (κ1) is 14.6. The Morgan fingerprint density at radius 3 is 2.36 bits per heavy atom. The summed E-state index contributed by atoms with van der Waals surface area (Å²) in [5, 5.41) is 6.46. The molecule has 0 aliphatic heterocycles. The molecule has 1 atom stereocenters. The van der Waals surface area contributed by atoms with Crippen LogP contribution in [0.1, 0.15) is 31.9 Å². The van der Waals surface area contributed by atoms with Crippen LogP contribution in [0, 0.1) is 5.92 Å². The fourth-order valence-corrected chi connectivity index (χ4v) is 3.29. The number of rotatable bonds is 3. The van der Waals surface area contributed by atoms with Crippen molar-refractivity contribution in [1.82, 2.24) is 0 Å². The van der Waals surface area contributed by atoms with Gasteiger partial charge >= 0.3 is 0 Å². The summed E-state index contributed by atoms with van der Waals surface area (Å²) in [5.74, 6) is 0.427. The van der Waals surface area contributed by atoms with Gasteiger partial charge in [0.2, 0.25) is 0 Å². The predicted octanol–water partition coefficient (Wildman–Crippen LogP) is 5.19. The van der Waals surface area contributed by atoms with Crippen molar-refractivity contribution in [3.63, 3.8) is 0 Å². The Morgan fingerprint density at radius 2 is 1.77 bits per heavy atom. The average Bonchev–Trinajstić information content (AvgIpc) is 2.77. The van der Waals surface area contributed by atoms with Gasteiger partial charge < -0.3 is 4.84 Å². The van der Waals surface area contributed by atoms with Gasteiger partial charge in [-0.15, -0.1) is 0 Å². The summed E-state index contributed by atoms with van der Waals surface area (Å²) in [5.41, 5.74) is 6.48. The summed E-state index contributed by atoms with van der Waals surface area (Å²) >= 11 is 0. The van der Waals surface area contributed by atoms with Gasteiger partial charge in [0, 0.05) is 11.5 Å². The highest BCUT2D eigenvalue weighted by atomic mass is 16.6. The van der Waals surface area contributed by atoms with Crippen LogP contribution < -0.4 is 0 Å². The Bertz CT molecular complexity index is 812. The molecule has 0 amide bonds. The van der Waals surface area contributed by atoms with E-state index < -0.39 is 0 Å². The van der Waals surface area contributed by atoms with Gasteiger partial charge in [-0.25, -0.2) is 0 Å². The Balaban J connectivity index is 2.25. The lowest BCUT2D eigenvalue weighted by Crippen LogP contribution is -1.99. The molecule has 1 unspecified atom stereocenters. The number of fused-ring (bicyclic) bond motifs is 1. The first-order chi connectivity index (χ1) is 10.6. The zero-order chi connectivity index (χ0) is 15.7. The molecule has 0 radical (unpaired) electrons. The van der Waals surface area contributed by atoms with E-state index in [0.717, 1.165) is 5.56 Å². The highest BCUT2D eigenvalue weighted by Crippen LogP contribution is 2.39. The van der Waals surface area contributed by atoms with Crippen molar-refractivity contribution in [1.29, 1.82) is 0 Å². The van der Waals surface area contributed by atoms with E-state index in [1.165, 1.54) is 33.1 Å². The number of allylic oxidation sites excluding steroid dienone is 4. The van der Waals surface area contributed by atoms with Crippen LogP contribution in [0.15, 0.2) is 58.8 Å². The number of benzene rings is 2. The van der Waals surface area contributed by atoms with Crippen molar-refractivity contribution in [2.75, 3.05) is 7.11 Å². The second kappa shape index (κ2) is 5.80. The van der Waals surface area contributed by atoms with E-state index in [9.17, 15) is 0 Å². The second-order valence-corrected chi connectivity index (χ2v) is 5.88. The standard InChI is InChI=1S/C20H21NO/c1-13-9-14(2)20(15(13)3)19-11-17-8-6-5-7-16(17)10-18(19)12-21-22-4/h5-12,14H,1-4H3. The average molecular weight is 291 g/mol. The van der Waals surface area contributed by atoms with Gasteiger partial charge in [-0.1, -0.05) is 48.0 Å². The van der Waals surface area contributed by atoms with Crippen molar-refractivity contribution >= 4 is 22.6 Å². The molecule has 2 heteroatoms. The normalized spacial score (nSPS) is 18.4. The highest BCUT2D eigenvalue weighted by Gasteiger charge is 2.21. The maximum absolute atomic E-state index is 4.89. The Kier molecular flexibility index (Phi) is 3.84. The molecule has 0 spiro atoms. The predicted molar refractivity (Wildman–Crippen MR) is 94.1 cm³/mol. The first-order valence-electron chi connectivity index (χ1n) is 7.61. The van der Waals surface area contributed by atoms with E-state index in [0.29, 0.717) is 5.92 Å². The molecular formula is C20H21NO. The zero-order valence-corrected chi connectivity index (χ0v) is 13.6. The van der Waals surface area contributed by atoms with Crippen molar-refractivity contribution in [3.8, 4) is 0 Å². The number of hydrogen-bond donors (Lipinski definition) is 0. The molecule has 0 fully saturated rings. The van der Waals surface area contributed by atoms with E-state index in [-0.39, 0.29) is 0 Å². The summed E-state index contributed by atoms with van der Waals surface area (Å²) in [4.78, 5) is 4.89. The fourth-order valence-electron chi connectivity index (χ4n) is 3.29. The molecule has 3 rings (SSSR count). The SMILES string of the molecule is CON=Cc1cc2ccccc2cc1C1=C(C)C(C)=CC1C. The summed E-state index contributed by atoms with van der Waals surface area (Å²) in [6.45, 7) is 6.64. The molecule has 0 N–H and O–H groups in total. The molecule has 1 aliphatic carbocycles. The fraction of sp³-hybridized carbons (Fsp3) is 0.250. The van der Waals surface area contributed by atoms with E-state index in [2.05, 4.69) is 68.4 Å². The summed E-state index contributed by atoms with van der Waals surface area (Å²) < 4.78 is 0. The minimum atomic E-state index is 0.427. The van der Waals surface area contributed by atoms with Crippen LogP contribution >= 0.6 is 0 Å². The molecule has 0 saturated heterocycles. The molecular weight excluding hydrogens is 270 g/mol. The number of nitrogens with zero attached hydrogens (tertiary/aromatic N) is 1. The van der Waals surface area contributed by atoms with Gasteiger partial charge in [-0.3, -0.25) is 0 Å². The van der Waals surface area contributed by atoms with E-state index >= 15 is 0 Å². The molecule has 2 nitrogen and oxygen atoms in total. The molecule has 1 aliphatic rings. The molecule has 2 aromatic rings. The third-order valence-corrected chi connectivity index (χ3v) is 4.46. The van der Waals surface area contributed by atoms with E-state index in [4.69, 9.17) is 4.84 Å². The van der Waals surface area contributed by atoms with Crippen molar-refractivity contribution in [2.45, 2.75) is 20.8 Å². The molecule has 112 valence electrons. The lowest BCUT2D eigenvalue weighted by atomic mass is 9.89. The minimum absolute atomic E-state index is 0.427. The number of oxime groups is 1. The maximum atomic E-state index is 4.89. The minimum Gasteiger partial charge on any atom is -0.399 e. The monoisotopic (exact) mass is 291 g/mol. The lowest BCUT2D eigenvalue weighted by Gasteiger charge is -2.15. The quantitative estimate of drug-likeness (QED) is 0.563. The van der Waals surface area contributed by atoms with Crippen molar-refractivity contribution in [2.24, 2.45) is 11.1 Å².